The smallest absolute Gasteiger partial charge is 0.195 e. The number of aromatic nitrogens is 4. The number of imidazole rings is 1. The molecule has 3 aromatic heterocycles. The number of nitrogens with one attached hydrogen (secondary N) is 1. The maximum absolute atomic E-state index is 4.61. The number of anilines is 2. The van der Waals surface area contributed by atoms with E-state index in [1.165, 1.54) is 10.2 Å². The molecule has 0 atom stereocenters. The molecule has 4 heterocycles. The largest absolute Gasteiger partial charge is 0.337 e. The highest BCUT2D eigenvalue weighted by molar-refractivity contribution is 7.99. The van der Waals surface area contributed by atoms with E-state index in [1.807, 2.05) is 6.20 Å². The van der Waals surface area contributed by atoms with Crippen LogP contribution < -0.4 is 5.32 Å². The van der Waals surface area contributed by atoms with Gasteiger partial charge in [-0.2, -0.15) is 0 Å². The molecule has 1 aliphatic rings. The first kappa shape index (κ1) is 14.3. The minimum Gasteiger partial charge on any atom is -0.337 e. The molecule has 0 radical (unpaired) electrons. The Morgan fingerprint density at radius 1 is 0.962 bits per heavy atom. The Kier molecular flexibility index (Phi) is 2.91. The van der Waals surface area contributed by atoms with Crippen LogP contribution in [0.3, 0.4) is 0 Å². The summed E-state index contributed by atoms with van der Waals surface area (Å²) in [5.41, 5.74) is 4.46. The van der Waals surface area contributed by atoms with E-state index in [2.05, 4.69) is 67.1 Å². The van der Waals surface area contributed by atoms with Gasteiger partial charge in [-0.1, -0.05) is 41.3 Å². The topological polar surface area (TPSA) is 55.1 Å². The Morgan fingerprint density at radius 2 is 1.88 bits per heavy atom. The molecule has 0 saturated heterocycles. The Labute approximate surface area is 156 Å². The van der Waals surface area contributed by atoms with Crippen LogP contribution in [0.15, 0.2) is 71.0 Å². The first-order chi connectivity index (χ1) is 12.9. The van der Waals surface area contributed by atoms with E-state index in [-0.39, 0.29) is 0 Å². The van der Waals surface area contributed by atoms with Crippen LogP contribution >= 0.6 is 23.1 Å². The van der Waals surface area contributed by atoms with Gasteiger partial charge in [0.05, 0.1) is 27.8 Å². The lowest BCUT2D eigenvalue weighted by molar-refractivity contribution is 1.05. The van der Waals surface area contributed by atoms with Crippen molar-refractivity contribution in [3.8, 4) is 11.3 Å². The first-order valence-corrected chi connectivity index (χ1v) is 9.75. The van der Waals surface area contributed by atoms with Crippen molar-refractivity contribution in [2.24, 2.45) is 0 Å². The average Bonchev–Trinajstić information content (AvgIpc) is 3.25. The Morgan fingerprint density at radius 3 is 2.88 bits per heavy atom. The molecule has 1 N–H and O–H groups in total. The van der Waals surface area contributed by atoms with Crippen LogP contribution in [0, 0.1) is 0 Å². The Balaban J connectivity index is 1.52. The van der Waals surface area contributed by atoms with Gasteiger partial charge in [-0.3, -0.25) is 4.40 Å². The molecular weight excluding hydrogens is 362 g/mol. The molecule has 0 saturated carbocycles. The third kappa shape index (κ3) is 2.01. The summed E-state index contributed by atoms with van der Waals surface area (Å²) < 4.78 is 3.47. The van der Waals surface area contributed by atoms with E-state index < -0.39 is 0 Å². The van der Waals surface area contributed by atoms with Crippen LogP contribution in [-0.2, 0) is 0 Å². The highest BCUT2D eigenvalue weighted by atomic mass is 32.2. The standard InChI is InChI=1S/C19H11N5S2/c1-2-4-16-13(3-1)24-14(10-22-19(24)26-16)11-5-6-15-12(9-11)23-17-18(25-15)21-8-7-20-17/h1-10H,(H,20,23). The number of hydrogen-bond donors (Lipinski definition) is 1. The third-order valence-corrected chi connectivity index (χ3v) is 6.54. The van der Waals surface area contributed by atoms with Gasteiger partial charge in [0.15, 0.2) is 10.8 Å². The van der Waals surface area contributed by atoms with Gasteiger partial charge >= 0.3 is 0 Å². The number of para-hydroxylation sites is 1. The molecule has 0 unspecified atom stereocenters. The van der Waals surface area contributed by atoms with Crippen LogP contribution in [-0.4, -0.2) is 19.4 Å². The molecule has 7 heteroatoms. The van der Waals surface area contributed by atoms with Crippen molar-refractivity contribution in [1.29, 1.82) is 0 Å². The second-order valence-electron chi connectivity index (χ2n) is 5.98. The van der Waals surface area contributed by atoms with Crippen molar-refractivity contribution in [3.05, 3.63) is 61.1 Å². The Hall–Kier alpha value is -2.90. The average molecular weight is 373 g/mol. The predicted octanol–water partition coefficient (Wildman–Crippen LogP) is 5.21. The molecule has 6 rings (SSSR count). The number of thiazole rings is 1. The number of fused-ring (bicyclic) bond motifs is 5. The van der Waals surface area contributed by atoms with Crippen LogP contribution in [0.5, 0.6) is 0 Å². The summed E-state index contributed by atoms with van der Waals surface area (Å²) in [6, 6.07) is 14.9. The second-order valence-corrected chi connectivity index (χ2v) is 8.02. The molecule has 5 aromatic rings. The number of nitrogens with zero attached hydrogens (tertiary/aromatic N) is 4. The monoisotopic (exact) mass is 373 g/mol. The molecular formula is C19H11N5S2. The third-order valence-electron chi connectivity index (χ3n) is 4.44. The molecule has 1 aliphatic heterocycles. The zero-order valence-electron chi connectivity index (χ0n) is 13.4. The molecule has 0 bridgehead atoms. The molecule has 0 fully saturated rings. The fraction of sp³-hybridized carbons (Fsp3) is 0. The summed E-state index contributed by atoms with van der Waals surface area (Å²) in [5, 5.41) is 4.31. The molecule has 2 aromatic carbocycles. The highest BCUT2D eigenvalue weighted by Gasteiger charge is 2.19. The summed E-state index contributed by atoms with van der Waals surface area (Å²) in [7, 11) is 0. The van der Waals surface area contributed by atoms with Gasteiger partial charge in [-0.05, 0) is 24.3 Å². The molecule has 26 heavy (non-hydrogen) atoms. The molecule has 0 spiro atoms. The van der Waals surface area contributed by atoms with E-state index in [0.717, 1.165) is 37.6 Å². The second kappa shape index (κ2) is 5.30. The number of benzene rings is 2. The van der Waals surface area contributed by atoms with Crippen molar-refractivity contribution < 1.29 is 0 Å². The zero-order valence-corrected chi connectivity index (χ0v) is 15.0. The molecule has 0 aliphatic carbocycles. The van der Waals surface area contributed by atoms with Crippen LogP contribution in [0.4, 0.5) is 11.5 Å². The van der Waals surface area contributed by atoms with Crippen molar-refractivity contribution in [1.82, 2.24) is 19.4 Å². The molecule has 0 amide bonds. The summed E-state index contributed by atoms with van der Waals surface area (Å²) in [4.78, 5) is 15.5. The SMILES string of the molecule is c1ccc2c(c1)sc1ncc(-c3ccc4c(c3)Nc3nccnc3S4)n12. The highest BCUT2D eigenvalue weighted by Crippen LogP contribution is 2.43. The van der Waals surface area contributed by atoms with Crippen LogP contribution in [0.1, 0.15) is 0 Å². The van der Waals surface area contributed by atoms with Crippen LogP contribution in [0.2, 0.25) is 0 Å². The predicted molar refractivity (Wildman–Crippen MR) is 105 cm³/mol. The Bertz CT molecular complexity index is 1300. The summed E-state index contributed by atoms with van der Waals surface area (Å²) in [5.74, 6) is 0.807. The van der Waals surface area contributed by atoms with Gasteiger partial charge in [-0.25, -0.2) is 15.0 Å². The first-order valence-electron chi connectivity index (χ1n) is 8.12. The number of hydrogen-bond acceptors (Lipinski definition) is 6. The fourth-order valence-electron chi connectivity index (χ4n) is 3.26. The summed E-state index contributed by atoms with van der Waals surface area (Å²) >= 11 is 3.35. The van der Waals surface area contributed by atoms with Gasteiger partial charge in [0.2, 0.25) is 0 Å². The van der Waals surface area contributed by atoms with Crippen molar-refractivity contribution >= 4 is 49.8 Å². The van der Waals surface area contributed by atoms with Gasteiger partial charge in [0.25, 0.3) is 0 Å². The van der Waals surface area contributed by atoms with Crippen molar-refractivity contribution in [3.63, 3.8) is 0 Å². The van der Waals surface area contributed by atoms with E-state index in [4.69, 9.17) is 0 Å². The normalized spacial score (nSPS) is 12.8. The van der Waals surface area contributed by atoms with E-state index in [0.29, 0.717) is 0 Å². The lowest BCUT2D eigenvalue weighted by Gasteiger charge is -2.19. The minimum absolute atomic E-state index is 0.807. The van der Waals surface area contributed by atoms with Gasteiger partial charge in [0, 0.05) is 22.9 Å². The van der Waals surface area contributed by atoms with E-state index in [9.17, 15) is 0 Å². The lowest BCUT2D eigenvalue weighted by atomic mass is 10.1. The lowest BCUT2D eigenvalue weighted by Crippen LogP contribution is -2.03. The van der Waals surface area contributed by atoms with Gasteiger partial charge in [-0.15, -0.1) is 0 Å². The number of rotatable bonds is 1. The van der Waals surface area contributed by atoms with Crippen molar-refractivity contribution in [2.45, 2.75) is 9.92 Å². The van der Waals surface area contributed by atoms with E-state index in [1.54, 1.807) is 35.5 Å². The molecule has 124 valence electrons. The summed E-state index contributed by atoms with van der Waals surface area (Å²) in [6.07, 6.45) is 5.38. The maximum Gasteiger partial charge on any atom is 0.195 e. The van der Waals surface area contributed by atoms with Gasteiger partial charge in [0.1, 0.15) is 5.03 Å². The quantitative estimate of drug-likeness (QED) is 0.428. The molecule has 5 nitrogen and oxygen atoms in total. The van der Waals surface area contributed by atoms with Crippen molar-refractivity contribution in [2.75, 3.05) is 5.32 Å². The zero-order chi connectivity index (χ0) is 17.1. The van der Waals surface area contributed by atoms with Gasteiger partial charge < -0.3 is 5.32 Å². The fourth-order valence-corrected chi connectivity index (χ4v) is 5.14. The summed E-state index contributed by atoms with van der Waals surface area (Å²) in [6.45, 7) is 0. The maximum atomic E-state index is 4.61. The minimum atomic E-state index is 0.807. The van der Waals surface area contributed by atoms with E-state index >= 15 is 0 Å². The van der Waals surface area contributed by atoms with Crippen LogP contribution in [0.25, 0.3) is 26.4 Å².